The summed E-state index contributed by atoms with van der Waals surface area (Å²) in [5.41, 5.74) is -1.24. The Morgan fingerprint density at radius 1 is 1.35 bits per heavy atom. The minimum Gasteiger partial charge on any atom is -0.480 e. The van der Waals surface area contributed by atoms with Gasteiger partial charge in [0, 0.05) is 16.6 Å². The normalized spacial score (nSPS) is 19.0. The molecule has 0 spiro atoms. The summed E-state index contributed by atoms with van der Waals surface area (Å²) in [7, 11) is 0. The Bertz CT molecular complexity index is 532. The largest absolute Gasteiger partial charge is 0.480 e. The summed E-state index contributed by atoms with van der Waals surface area (Å²) in [5.74, 6) is -1.76. The van der Waals surface area contributed by atoms with Crippen LogP contribution >= 0.6 is 23.2 Å². The van der Waals surface area contributed by atoms with Crippen LogP contribution in [0, 0.1) is 5.82 Å². The Balaban J connectivity index is 2.41. The Labute approximate surface area is 127 Å². The van der Waals surface area contributed by atoms with Crippen molar-refractivity contribution in [3.8, 4) is 0 Å². The van der Waals surface area contributed by atoms with E-state index in [-0.39, 0.29) is 21.7 Å². The predicted octanol–water partition coefficient (Wildman–Crippen LogP) is 3.96. The number of aliphatic carboxylic acids is 1. The van der Waals surface area contributed by atoms with Crippen molar-refractivity contribution in [2.24, 2.45) is 0 Å². The van der Waals surface area contributed by atoms with Crippen molar-refractivity contribution in [2.75, 3.05) is 0 Å². The highest BCUT2D eigenvalue weighted by molar-refractivity contribution is 6.35. The molecule has 2 N–H and O–H groups in total. The second kappa shape index (κ2) is 5.88. The average Bonchev–Trinajstić information content (AvgIpc) is 2.86. The molecule has 1 fully saturated rings. The van der Waals surface area contributed by atoms with Gasteiger partial charge >= 0.3 is 5.97 Å². The molecule has 0 bridgehead atoms. The van der Waals surface area contributed by atoms with Gasteiger partial charge in [0.15, 0.2) is 0 Å². The van der Waals surface area contributed by atoms with Gasteiger partial charge in [-0.2, -0.15) is 0 Å². The first-order valence-electron chi connectivity index (χ1n) is 6.50. The van der Waals surface area contributed by atoms with E-state index in [4.69, 9.17) is 23.2 Å². The van der Waals surface area contributed by atoms with Crippen molar-refractivity contribution in [2.45, 2.75) is 44.2 Å². The smallest absolute Gasteiger partial charge is 0.328 e. The van der Waals surface area contributed by atoms with E-state index >= 15 is 0 Å². The molecule has 3 nitrogen and oxygen atoms in total. The summed E-state index contributed by atoms with van der Waals surface area (Å²) in [5, 5.41) is 12.7. The molecule has 20 heavy (non-hydrogen) atoms. The van der Waals surface area contributed by atoms with Crippen LogP contribution in [-0.2, 0) is 10.3 Å². The molecule has 0 amide bonds. The standard InChI is InChI=1S/C14H16Cl2FNO2/c1-14(13(19)20,18-8-4-2-3-5-8)9-6-12(17)11(16)7-10(9)15/h6-8,18H,2-5H2,1H3,(H,19,20). The number of hydrogen-bond acceptors (Lipinski definition) is 2. The van der Waals surface area contributed by atoms with Crippen LogP contribution in [0.4, 0.5) is 4.39 Å². The molecular formula is C14H16Cl2FNO2. The summed E-state index contributed by atoms with van der Waals surface area (Å²) in [6, 6.07) is 2.44. The summed E-state index contributed by atoms with van der Waals surface area (Å²) < 4.78 is 13.7. The summed E-state index contributed by atoms with van der Waals surface area (Å²) in [6.07, 6.45) is 3.96. The maximum absolute atomic E-state index is 13.7. The molecule has 0 aromatic heterocycles. The molecular weight excluding hydrogens is 304 g/mol. The molecule has 0 aliphatic heterocycles. The van der Waals surface area contributed by atoms with Gasteiger partial charge in [-0.15, -0.1) is 0 Å². The highest BCUT2D eigenvalue weighted by atomic mass is 35.5. The van der Waals surface area contributed by atoms with Gasteiger partial charge in [0.1, 0.15) is 11.4 Å². The van der Waals surface area contributed by atoms with Crippen LogP contribution in [0.2, 0.25) is 10.0 Å². The number of hydrogen-bond donors (Lipinski definition) is 2. The Hall–Kier alpha value is -0.840. The highest BCUT2D eigenvalue weighted by Gasteiger charge is 2.39. The first-order chi connectivity index (χ1) is 9.34. The molecule has 110 valence electrons. The van der Waals surface area contributed by atoms with Crippen molar-refractivity contribution in [1.82, 2.24) is 5.32 Å². The fourth-order valence-electron chi connectivity index (χ4n) is 2.64. The first-order valence-corrected chi connectivity index (χ1v) is 7.26. The Kier molecular flexibility index (Phi) is 4.57. The molecule has 1 aromatic carbocycles. The number of carbonyl (C=O) groups is 1. The topological polar surface area (TPSA) is 49.3 Å². The van der Waals surface area contributed by atoms with E-state index in [1.807, 2.05) is 0 Å². The number of rotatable bonds is 4. The monoisotopic (exact) mass is 319 g/mol. The number of halogens is 3. The fraction of sp³-hybridized carbons (Fsp3) is 0.500. The van der Waals surface area contributed by atoms with Gasteiger partial charge in [0.25, 0.3) is 0 Å². The number of nitrogens with one attached hydrogen (secondary N) is 1. The lowest BCUT2D eigenvalue weighted by atomic mass is 9.90. The number of carboxylic acids is 1. The van der Waals surface area contributed by atoms with Crippen molar-refractivity contribution < 1.29 is 14.3 Å². The lowest BCUT2D eigenvalue weighted by Crippen LogP contribution is -2.50. The van der Waals surface area contributed by atoms with E-state index in [1.54, 1.807) is 0 Å². The third kappa shape index (κ3) is 2.92. The Morgan fingerprint density at radius 3 is 2.50 bits per heavy atom. The maximum Gasteiger partial charge on any atom is 0.328 e. The third-order valence-electron chi connectivity index (χ3n) is 3.82. The van der Waals surface area contributed by atoms with Crippen LogP contribution in [-0.4, -0.2) is 17.1 Å². The maximum atomic E-state index is 13.7. The van der Waals surface area contributed by atoms with Gasteiger partial charge in [-0.3, -0.25) is 5.32 Å². The zero-order chi connectivity index (χ0) is 14.9. The van der Waals surface area contributed by atoms with Gasteiger partial charge in [-0.1, -0.05) is 36.0 Å². The second-order valence-electron chi connectivity index (χ2n) is 5.30. The first kappa shape index (κ1) is 15.5. The molecule has 1 aliphatic carbocycles. The van der Waals surface area contributed by atoms with Gasteiger partial charge in [-0.05, 0) is 31.9 Å². The van der Waals surface area contributed by atoms with Crippen LogP contribution in [0.3, 0.4) is 0 Å². The number of carboxylic acid groups (broad SMARTS) is 1. The summed E-state index contributed by atoms with van der Waals surface area (Å²) >= 11 is 11.7. The molecule has 1 atom stereocenters. The molecule has 0 heterocycles. The van der Waals surface area contributed by atoms with Crippen molar-refractivity contribution >= 4 is 29.2 Å². The summed E-state index contributed by atoms with van der Waals surface area (Å²) in [6.45, 7) is 1.50. The van der Waals surface area contributed by atoms with E-state index in [0.29, 0.717) is 0 Å². The van der Waals surface area contributed by atoms with Crippen LogP contribution < -0.4 is 5.32 Å². The van der Waals surface area contributed by atoms with Gasteiger partial charge in [0.2, 0.25) is 0 Å². The number of benzene rings is 1. The molecule has 1 unspecified atom stereocenters. The zero-order valence-corrected chi connectivity index (χ0v) is 12.6. The second-order valence-corrected chi connectivity index (χ2v) is 6.12. The van der Waals surface area contributed by atoms with Crippen LogP contribution in [0.5, 0.6) is 0 Å². The molecule has 2 rings (SSSR count). The van der Waals surface area contributed by atoms with E-state index in [1.165, 1.54) is 13.0 Å². The van der Waals surface area contributed by atoms with E-state index in [2.05, 4.69) is 5.32 Å². The van der Waals surface area contributed by atoms with E-state index in [9.17, 15) is 14.3 Å². The van der Waals surface area contributed by atoms with Gasteiger partial charge in [-0.25, -0.2) is 9.18 Å². The van der Waals surface area contributed by atoms with Crippen LogP contribution in [0.15, 0.2) is 12.1 Å². The lowest BCUT2D eigenvalue weighted by Gasteiger charge is -2.31. The van der Waals surface area contributed by atoms with Crippen LogP contribution in [0.1, 0.15) is 38.2 Å². The molecule has 1 aromatic rings. The quantitative estimate of drug-likeness (QED) is 0.826. The zero-order valence-electron chi connectivity index (χ0n) is 11.0. The molecule has 0 saturated heterocycles. The SMILES string of the molecule is CC(NC1CCCC1)(C(=O)O)c1cc(F)c(Cl)cc1Cl. The highest BCUT2D eigenvalue weighted by Crippen LogP contribution is 2.34. The summed E-state index contributed by atoms with van der Waals surface area (Å²) in [4.78, 5) is 11.7. The van der Waals surface area contributed by atoms with Crippen molar-refractivity contribution in [3.05, 3.63) is 33.6 Å². The minimum absolute atomic E-state index is 0.103. The van der Waals surface area contributed by atoms with Crippen molar-refractivity contribution in [3.63, 3.8) is 0 Å². The molecule has 0 radical (unpaired) electrons. The lowest BCUT2D eigenvalue weighted by molar-refractivity contribution is -0.145. The van der Waals surface area contributed by atoms with Gasteiger partial charge < -0.3 is 5.11 Å². The molecule has 6 heteroatoms. The minimum atomic E-state index is -1.43. The van der Waals surface area contributed by atoms with Crippen molar-refractivity contribution in [1.29, 1.82) is 0 Å². The molecule has 1 aliphatic rings. The third-order valence-corrected chi connectivity index (χ3v) is 4.43. The predicted molar refractivity (Wildman–Crippen MR) is 76.8 cm³/mol. The Morgan fingerprint density at radius 2 is 1.95 bits per heavy atom. The average molecular weight is 320 g/mol. The van der Waals surface area contributed by atoms with E-state index < -0.39 is 17.3 Å². The molecule has 1 saturated carbocycles. The fourth-order valence-corrected chi connectivity index (χ4v) is 3.21. The van der Waals surface area contributed by atoms with E-state index in [0.717, 1.165) is 31.7 Å². The van der Waals surface area contributed by atoms with Gasteiger partial charge in [0.05, 0.1) is 5.02 Å². The van der Waals surface area contributed by atoms with Crippen LogP contribution in [0.25, 0.3) is 0 Å².